The Labute approximate surface area is 119 Å². The summed E-state index contributed by atoms with van der Waals surface area (Å²) in [4.78, 5) is 2.32. The van der Waals surface area contributed by atoms with E-state index in [1.165, 1.54) is 17.2 Å². The molecule has 0 saturated carbocycles. The van der Waals surface area contributed by atoms with Crippen molar-refractivity contribution >= 4 is 10.8 Å². The van der Waals surface area contributed by atoms with Crippen LogP contribution in [0.1, 0.15) is 12.8 Å². The number of likely N-dealkylation sites (tertiary alicyclic amines) is 1. The van der Waals surface area contributed by atoms with Crippen LogP contribution in [0.5, 0.6) is 5.75 Å². The van der Waals surface area contributed by atoms with Crippen molar-refractivity contribution in [3.63, 3.8) is 0 Å². The summed E-state index contributed by atoms with van der Waals surface area (Å²) in [6, 6.07) is 14.8. The number of hydrogen-bond acceptors (Lipinski definition) is 3. The van der Waals surface area contributed by atoms with Gasteiger partial charge in [-0.1, -0.05) is 30.3 Å². The topological polar surface area (TPSA) is 32.7 Å². The number of ether oxygens (including phenoxy) is 1. The maximum atomic E-state index is 9.29. The fraction of sp³-hybridized carbons (Fsp3) is 0.412. The van der Waals surface area contributed by atoms with Crippen LogP contribution in [0.3, 0.4) is 0 Å². The molecule has 0 unspecified atom stereocenters. The third kappa shape index (κ3) is 2.94. The fourth-order valence-electron chi connectivity index (χ4n) is 2.93. The molecule has 0 spiro atoms. The predicted octanol–water partition coefficient (Wildman–Crippen LogP) is 2.68. The SMILES string of the molecule is OC[C@@H]1CCCN1CCOc1ccc2ccccc2c1. The largest absolute Gasteiger partial charge is 0.492 e. The molecule has 106 valence electrons. The van der Waals surface area contributed by atoms with Gasteiger partial charge in [0.15, 0.2) is 0 Å². The quantitative estimate of drug-likeness (QED) is 0.907. The summed E-state index contributed by atoms with van der Waals surface area (Å²) in [5.41, 5.74) is 0. The van der Waals surface area contributed by atoms with Gasteiger partial charge in [-0.3, -0.25) is 4.90 Å². The molecule has 1 saturated heterocycles. The van der Waals surface area contributed by atoms with E-state index in [0.717, 1.165) is 25.3 Å². The molecule has 3 nitrogen and oxygen atoms in total. The first-order valence-corrected chi connectivity index (χ1v) is 7.33. The average Bonchev–Trinajstić information content (AvgIpc) is 2.95. The zero-order chi connectivity index (χ0) is 13.8. The van der Waals surface area contributed by atoms with Crippen LogP contribution in [-0.4, -0.2) is 42.4 Å². The van der Waals surface area contributed by atoms with Crippen molar-refractivity contribution in [2.45, 2.75) is 18.9 Å². The lowest BCUT2D eigenvalue weighted by atomic mass is 10.1. The van der Waals surface area contributed by atoms with Gasteiger partial charge in [0.05, 0.1) is 6.61 Å². The van der Waals surface area contributed by atoms with E-state index in [-0.39, 0.29) is 6.61 Å². The van der Waals surface area contributed by atoms with Crippen molar-refractivity contribution in [3.8, 4) is 5.75 Å². The molecule has 20 heavy (non-hydrogen) atoms. The minimum Gasteiger partial charge on any atom is -0.492 e. The number of aliphatic hydroxyl groups excluding tert-OH is 1. The summed E-state index contributed by atoms with van der Waals surface area (Å²) in [7, 11) is 0. The van der Waals surface area contributed by atoms with Gasteiger partial charge in [-0.2, -0.15) is 0 Å². The second kappa shape index (κ2) is 6.25. The molecular formula is C17H21NO2. The molecule has 0 radical (unpaired) electrons. The zero-order valence-corrected chi connectivity index (χ0v) is 11.7. The van der Waals surface area contributed by atoms with Crippen LogP contribution in [0.4, 0.5) is 0 Å². The van der Waals surface area contributed by atoms with E-state index < -0.39 is 0 Å². The second-order valence-electron chi connectivity index (χ2n) is 5.37. The van der Waals surface area contributed by atoms with E-state index in [1.807, 2.05) is 18.2 Å². The lowest BCUT2D eigenvalue weighted by Gasteiger charge is -2.22. The van der Waals surface area contributed by atoms with Gasteiger partial charge in [0.1, 0.15) is 12.4 Å². The van der Waals surface area contributed by atoms with Gasteiger partial charge in [0.2, 0.25) is 0 Å². The minimum absolute atomic E-state index is 0.260. The van der Waals surface area contributed by atoms with Crippen LogP contribution in [0.15, 0.2) is 42.5 Å². The van der Waals surface area contributed by atoms with Crippen LogP contribution in [-0.2, 0) is 0 Å². The highest BCUT2D eigenvalue weighted by Crippen LogP contribution is 2.21. The minimum atomic E-state index is 0.260. The molecular weight excluding hydrogens is 250 g/mol. The van der Waals surface area contributed by atoms with Gasteiger partial charge in [-0.25, -0.2) is 0 Å². The van der Waals surface area contributed by atoms with Gasteiger partial charge in [0.25, 0.3) is 0 Å². The Hall–Kier alpha value is -1.58. The van der Waals surface area contributed by atoms with Crippen LogP contribution < -0.4 is 4.74 Å². The van der Waals surface area contributed by atoms with Crippen molar-refractivity contribution in [1.29, 1.82) is 0 Å². The highest BCUT2D eigenvalue weighted by atomic mass is 16.5. The van der Waals surface area contributed by atoms with Gasteiger partial charge in [-0.05, 0) is 42.3 Å². The Bertz CT molecular complexity index is 570. The van der Waals surface area contributed by atoms with Gasteiger partial charge in [0, 0.05) is 12.6 Å². The Morgan fingerprint density at radius 2 is 2.00 bits per heavy atom. The predicted molar refractivity (Wildman–Crippen MR) is 81.1 cm³/mol. The van der Waals surface area contributed by atoms with Crippen LogP contribution in [0.2, 0.25) is 0 Å². The first-order valence-electron chi connectivity index (χ1n) is 7.33. The maximum absolute atomic E-state index is 9.29. The normalized spacial score (nSPS) is 19.6. The molecule has 0 aliphatic carbocycles. The Morgan fingerprint density at radius 1 is 1.15 bits per heavy atom. The molecule has 3 rings (SSSR count). The maximum Gasteiger partial charge on any atom is 0.120 e. The molecule has 2 aromatic rings. The molecule has 1 aliphatic rings. The van der Waals surface area contributed by atoms with Crippen molar-refractivity contribution < 1.29 is 9.84 Å². The number of fused-ring (bicyclic) bond motifs is 1. The third-order valence-electron chi connectivity index (χ3n) is 4.08. The standard InChI is InChI=1S/C17H21NO2/c19-13-16-6-3-9-18(16)10-11-20-17-8-7-14-4-1-2-5-15(14)12-17/h1-2,4-5,7-8,12,16,19H,3,6,9-11,13H2/t16-/m0/s1. The molecule has 3 heteroatoms. The van der Waals surface area contributed by atoms with E-state index in [4.69, 9.17) is 4.74 Å². The molecule has 1 heterocycles. The second-order valence-corrected chi connectivity index (χ2v) is 5.37. The number of hydrogen-bond donors (Lipinski definition) is 1. The number of benzene rings is 2. The number of rotatable bonds is 5. The Balaban J connectivity index is 1.57. The molecule has 2 aromatic carbocycles. The number of nitrogens with zero attached hydrogens (tertiary/aromatic N) is 1. The van der Waals surface area contributed by atoms with E-state index in [9.17, 15) is 5.11 Å². The summed E-state index contributed by atoms with van der Waals surface area (Å²) < 4.78 is 5.85. The van der Waals surface area contributed by atoms with Crippen molar-refractivity contribution in [1.82, 2.24) is 4.90 Å². The van der Waals surface area contributed by atoms with E-state index in [0.29, 0.717) is 12.6 Å². The van der Waals surface area contributed by atoms with Crippen molar-refractivity contribution in [3.05, 3.63) is 42.5 Å². The molecule has 1 N–H and O–H groups in total. The lowest BCUT2D eigenvalue weighted by Crippen LogP contribution is -2.35. The molecule has 1 fully saturated rings. The van der Waals surface area contributed by atoms with Crippen LogP contribution >= 0.6 is 0 Å². The smallest absolute Gasteiger partial charge is 0.120 e. The Kier molecular flexibility index (Phi) is 4.19. The molecule has 1 atom stereocenters. The fourth-order valence-corrected chi connectivity index (χ4v) is 2.93. The monoisotopic (exact) mass is 271 g/mol. The van der Waals surface area contributed by atoms with Gasteiger partial charge >= 0.3 is 0 Å². The molecule has 1 aliphatic heterocycles. The lowest BCUT2D eigenvalue weighted by molar-refractivity contribution is 0.139. The van der Waals surface area contributed by atoms with Gasteiger partial charge in [-0.15, -0.1) is 0 Å². The summed E-state index contributed by atoms with van der Waals surface area (Å²) in [6.45, 7) is 2.90. The summed E-state index contributed by atoms with van der Waals surface area (Å²) in [6.07, 6.45) is 2.29. The Morgan fingerprint density at radius 3 is 2.85 bits per heavy atom. The summed E-state index contributed by atoms with van der Waals surface area (Å²) in [5, 5.41) is 11.7. The van der Waals surface area contributed by atoms with Crippen molar-refractivity contribution in [2.24, 2.45) is 0 Å². The van der Waals surface area contributed by atoms with E-state index >= 15 is 0 Å². The van der Waals surface area contributed by atoms with Gasteiger partial charge < -0.3 is 9.84 Å². The van der Waals surface area contributed by atoms with E-state index in [1.54, 1.807) is 0 Å². The molecule has 0 aromatic heterocycles. The van der Waals surface area contributed by atoms with Crippen LogP contribution in [0, 0.1) is 0 Å². The highest BCUT2D eigenvalue weighted by molar-refractivity contribution is 5.83. The van der Waals surface area contributed by atoms with E-state index in [2.05, 4.69) is 29.2 Å². The average molecular weight is 271 g/mol. The summed E-state index contributed by atoms with van der Waals surface area (Å²) >= 11 is 0. The molecule has 0 amide bonds. The third-order valence-corrected chi connectivity index (χ3v) is 4.08. The molecule has 0 bridgehead atoms. The van der Waals surface area contributed by atoms with Crippen molar-refractivity contribution in [2.75, 3.05) is 26.3 Å². The first kappa shape index (κ1) is 13.4. The highest BCUT2D eigenvalue weighted by Gasteiger charge is 2.22. The number of aliphatic hydroxyl groups is 1. The zero-order valence-electron chi connectivity index (χ0n) is 11.7. The van der Waals surface area contributed by atoms with Crippen LogP contribution in [0.25, 0.3) is 10.8 Å². The first-order chi connectivity index (χ1) is 9.86. The summed E-state index contributed by atoms with van der Waals surface area (Å²) in [5.74, 6) is 0.920.